The third kappa shape index (κ3) is 11.0. The van der Waals surface area contributed by atoms with Crippen molar-refractivity contribution in [3.8, 4) is 0 Å². The number of pyridine rings is 1. The molecule has 0 saturated carbocycles. The topological polar surface area (TPSA) is 69.2 Å². The Hall–Kier alpha value is -5.00. The average Bonchev–Trinajstić information content (AvgIpc) is 3.15. The zero-order valence-corrected chi connectivity index (χ0v) is 29.0. The highest BCUT2D eigenvalue weighted by atomic mass is 19.4. The number of alkyl halides is 3. The summed E-state index contributed by atoms with van der Waals surface area (Å²) in [5.74, 6) is -0.640. The van der Waals surface area contributed by atoms with Crippen molar-refractivity contribution < 1.29 is 27.5 Å². The number of carbonyl (C=O) groups is 2. The maximum atomic E-state index is 14.4. The first-order valence-corrected chi connectivity index (χ1v) is 17.0. The van der Waals surface area contributed by atoms with Crippen molar-refractivity contribution in [2.24, 2.45) is 0 Å². The summed E-state index contributed by atoms with van der Waals surface area (Å²) >= 11 is 0. The van der Waals surface area contributed by atoms with Crippen LogP contribution >= 0.6 is 0 Å². The zero-order valence-electron chi connectivity index (χ0n) is 29.0. The molecule has 1 unspecified atom stereocenters. The first kappa shape index (κ1) is 37.3. The minimum atomic E-state index is -4.46. The summed E-state index contributed by atoms with van der Waals surface area (Å²) in [5, 5.41) is 0. The van der Waals surface area contributed by atoms with Crippen LogP contribution < -0.4 is 4.90 Å². The van der Waals surface area contributed by atoms with E-state index in [1.807, 2.05) is 80.0 Å². The molecule has 1 saturated heterocycles. The Morgan fingerprint density at radius 3 is 2.18 bits per heavy atom. The Bertz CT molecular complexity index is 1710. The van der Waals surface area contributed by atoms with Crippen molar-refractivity contribution in [3.05, 3.63) is 137 Å². The molecule has 2 amide bonds. The molecule has 1 aliphatic rings. The molecule has 1 aromatic heterocycles. The molecule has 1 fully saturated rings. The van der Waals surface area contributed by atoms with Crippen LogP contribution in [0.4, 0.5) is 18.9 Å². The fourth-order valence-corrected chi connectivity index (χ4v) is 5.95. The first-order chi connectivity index (χ1) is 24.6. The second-order valence-corrected chi connectivity index (χ2v) is 12.7. The van der Waals surface area contributed by atoms with Gasteiger partial charge in [-0.05, 0) is 65.7 Å². The van der Waals surface area contributed by atoms with E-state index in [2.05, 4.69) is 14.8 Å². The molecule has 0 radical (unpaired) electrons. The van der Waals surface area contributed by atoms with Crippen LogP contribution in [-0.4, -0.2) is 91.0 Å². The largest absolute Gasteiger partial charge is 0.416 e. The second kappa shape index (κ2) is 17.8. The fraction of sp³-hybridized carbons (Fsp3) is 0.325. The van der Waals surface area contributed by atoms with Crippen molar-refractivity contribution in [1.82, 2.24) is 19.7 Å². The molecule has 8 nitrogen and oxygen atoms in total. The standard InChI is InChI=1S/C40H44F3N5O3/c1-45(29-34-9-6-20-44-28-34)21-22-46(2)39(50)37(27-32-7-4-3-5-8-32)48(30-33-12-17-36(18-13-33)47-23-25-51-26-24-47)38(49)19-14-31-10-15-35(16-11-31)40(41,42)43/h3-20,28,37H,21-27,29-30H2,1-2H3. The lowest BCUT2D eigenvalue weighted by Crippen LogP contribution is -2.51. The highest BCUT2D eigenvalue weighted by Gasteiger charge is 2.32. The van der Waals surface area contributed by atoms with E-state index in [1.54, 1.807) is 23.0 Å². The van der Waals surface area contributed by atoms with Gasteiger partial charge in [0.05, 0.1) is 18.8 Å². The minimum absolute atomic E-state index is 0.150. The number of ether oxygens (including phenoxy) is 1. The quantitative estimate of drug-likeness (QED) is 0.147. The third-order valence-corrected chi connectivity index (χ3v) is 8.91. The molecule has 51 heavy (non-hydrogen) atoms. The summed E-state index contributed by atoms with van der Waals surface area (Å²) < 4.78 is 45.0. The van der Waals surface area contributed by atoms with Crippen LogP contribution in [0.5, 0.6) is 0 Å². The van der Waals surface area contributed by atoms with E-state index in [4.69, 9.17) is 4.74 Å². The number of rotatable bonds is 14. The normalized spacial score (nSPS) is 14.1. The lowest BCUT2D eigenvalue weighted by atomic mass is 10.0. The number of hydrogen-bond acceptors (Lipinski definition) is 6. The second-order valence-electron chi connectivity index (χ2n) is 12.7. The van der Waals surface area contributed by atoms with Crippen LogP contribution in [0.3, 0.4) is 0 Å². The van der Waals surface area contributed by atoms with Crippen molar-refractivity contribution in [2.45, 2.75) is 31.7 Å². The number of halogens is 3. The number of likely N-dealkylation sites (N-methyl/N-ethyl adjacent to an activating group) is 2. The van der Waals surface area contributed by atoms with Gasteiger partial charge in [-0.1, -0.05) is 60.7 Å². The Balaban J connectivity index is 1.41. The predicted octanol–water partition coefficient (Wildman–Crippen LogP) is 6.18. The van der Waals surface area contributed by atoms with E-state index >= 15 is 0 Å². The van der Waals surface area contributed by atoms with Crippen molar-refractivity contribution in [1.29, 1.82) is 0 Å². The van der Waals surface area contributed by atoms with E-state index in [0.717, 1.165) is 47.6 Å². The maximum Gasteiger partial charge on any atom is 0.416 e. The molecular formula is C40H44F3N5O3. The molecular weight excluding hydrogens is 655 g/mol. The molecule has 3 aromatic carbocycles. The van der Waals surface area contributed by atoms with E-state index in [1.165, 1.54) is 24.3 Å². The average molecular weight is 700 g/mol. The molecule has 4 aromatic rings. The number of anilines is 1. The maximum absolute atomic E-state index is 14.4. The highest BCUT2D eigenvalue weighted by molar-refractivity contribution is 5.95. The van der Waals surface area contributed by atoms with Gasteiger partial charge >= 0.3 is 6.18 Å². The van der Waals surface area contributed by atoms with Crippen molar-refractivity contribution in [3.63, 3.8) is 0 Å². The monoisotopic (exact) mass is 699 g/mol. The van der Waals surface area contributed by atoms with Crippen molar-refractivity contribution >= 4 is 23.6 Å². The van der Waals surface area contributed by atoms with Gasteiger partial charge in [-0.2, -0.15) is 13.2 Å². The highest BCUT2D eigenvalue weighted by Crippen LogP contribution is 2.29. The summed E-state index contributed by atoms with van der Waals surface area (Å²) in [5.41, 5.74) is 3.51. The van der Waals surface area contributed by atoms with E-state index in [9.17, 15) is 22.8 Å². The number of hydrogen-bond donors (Lipinski definition) is 0. The van der Waals surface area contributed by atoms with Gasteiger partial charge in [0, 0.05) is 76.9 Å². The molecule has 1 aliphatic heterocycles. The molecule has 268 valence electrons. The predicted molar refractivity (Wildman–Crippen MR) is 193 cm³/mol. The van der Waals surface area contributed by atoms with Gasteiger partial charge in [0.1, 0.15) is 6.04 Å². The number of morpholine rings is 1. The number of amides is 2. The van der Waals surface area contributed by atoms with Gasteiger partial charge in [0.2, 0.25) is 11.8 Å². The summed E-state index contributed by atoms with van der Waals surface area (Å²) in [6, 6.07) is 25.2. The van der Waals surface area contributed by atoms with Gasteiger partial charge in [-0.15, -0.1) is 0 Å². The van der Waals surface area contributed by atoms with Crippen LogP contribution in [0.25, 0.3) is 6.08 Å². The van der Waals surface area contributed by atoms with Crippen LogP contribution in [0.1, 0.15) is 27.8 Å². The Kier molecular flexibility index (Phi) is 13.0. The number of nitrogens with zero attached hydrogens (tertiary/aromatic N) is 5. The molecule has 0 aliphatic carbocycles. The smallest absolute Gasteiger partial charge is 0.378 e. The van der Waals surface area contributed by atoms with Crippen LogP contribution in [0.2, 0.25) is 0 Å². The van der Waals surface area contributed by atoms with Gasteiger partial charge in [0.25, 0.3) is 0 Å². The molecule has 0 spiro atoms. The van der Waals surface area contributed by atoms with E-state index in [0.29, 0.717) is 38.4 Å². The minimum Gasteiger partial charge on any atom is -0.378 e. The number of aromatic nitrogens is 1. The lowest BCUT2D eigenvalue weighted by molar-refractivity contribution is -0.143. The molecule has 0 bridgehead atoms. The molecule has 5 rings (SSSR count). The zero-order chi connectivity index (χ0) is 36.2. The summed E-state index contributed by atoms with van der Waals surface area (Å²) in [6.07, 6.45) is 2.18. The Morgan fingerprint density at radius 1 is 0.843 bits per heavy atom. The third-order valence-electron chi connectivity index (χ3n) is 8.91. The van der Waals surface area contributed by atoms with Crippen molar-refractivity contribution in [2.75, 3.05) is 58.4 Å². The Labute approximate surface area is 297 Å². The number of benzene rings is 3. The molecule has 0 N–H and O–H groups in total. The first-order valence-electron chi connectivity index (χ1n) is 17.0. The Morgan fingerprint density at radius 2 is 1.53 bits per heavy atom. The van der Waals surface area contributed by atoms with Gasteiger partial charge in [-0.25, -0.2) is 0 Å². The fourth-order valence-electron chi connectivity index (χ4n) is 5.95. The molecule has 2 heterocycles. The SMILES string of the molecule is CN(CCN(C)C(=O)C(Cc1ccccc1)N(Cc1ccc(N2CCOCC2)cc1)C(=O)C=Cc1ccc(C(F)(F)F)cc1)Cc1cccnc1. The summed E-state index contributed by atoms with van der Waals surface area (Å²) in [7, 11) is 3.73. The van der Waals surface area contributed by atoms with Gasteiger partial charge < -0.3 is 24.3 Å². The van der Waals surface area contributed by atoms with E-state index in [-0.39, 0.29) is 18.9 Å². The number of carbonyl (C=O) groups excluding carboxylic acids is 2. The molecule has 1 atom stereocenters. The van der Waals surface area contributed by atoms with Crippen LogP contribution in [0.15, 0.2) is 109 Å². The van der Waals surface area contributed by atoms with Crippen LogP contribution in [0, 0.1) is 0 Å². The molecule has 11 heteroatoms. The summed E-state index contributed by atoms with van der Waals surface area (Å²) in [4.78, 5) is 40.3. The lowest BCUT2D eigenvalue weighted by Gasteiger charge is -2.34. The van der Waals surface area contributed by atoms with Gasteiger partial charge in [-0.3, -0.25) is 14.6 Å². The van der Waals surface area contributed by atoms with E-state index < -0.39 is 23.7 Å². The van der Waals surface area contributed by atoms with Crippen LogP contribution in [-0.2, 0) is 40.0 Å². The summed E-state index contributed by atoms with van der Waals surface area (Å²) in [6.45, 7) is 4.74. The van der Waals surface area contributed by atoms with Gasteiger partial charge in [0.15, 0.2) is 0 Å².